The molecule has 0 spiro atoms. The van der Waals surface area contributed by atoms with Crippen molar-refractivity contribution >= 4 is 21.3 Å². The van der Waals surface area contributed by atoms with Gasteiger partial charge in [0.05, 0.1) is 4.92 Å². The average Bonchev–Trinajstić information content (AvgIpc) is 2.45. The van der Waals surface area contributed by atoms with Gasteiger partial charge in [-0.15, -0.1) is 0 Å². The summed E-state index contributed by atoms with van der Waals surface area (Å²) in [7, 11) is -3.37. The normalized spacial score (nSPS) is 11.1. The van der Waals surface area contributed by atoms with Crippen molar-refractivity contribution in [1.82, 2.24) is 4.98 Å². The minimum Gasteiger partial charge on any atom is -0.365 e. The van der Waals surface area contributed by atoms with Crippen LogP contribution in [0.5, 0.6) is 0 Å². The van der Waals surface area contributed by atoms with E-state index in [2.05, 4.69) is 10.3 Å². The molecule has 0 amide bonds. The van der Waals surface area contributed by atoms with Gasteiger partial charge in [0.15, 0.2) is 9.84 Å². The van der Waals surface area contributed by atoms with E-state index in [-0.39, 0.29) is 16.4 Å². The summed E-state index contributed by atoms with van der Waals surface area (Å²) < 4.78 is 23.3. The molecule has 8 heteroatoms. The van der Waals surface area contributed by atoms with Gasteiger partial charge in [0.25, 0.3) is 5.69 Å². The first kappa shape index (κ1) is 14.9. The van der Waals surface area contributed by atoms with E-state index >= 15 is 0 Å². The van der Waals surface area contributed by atoms with Crippen molar-refractivity contribution in [2.45, 2.75) is 11.4 Å². The Morgan fingerprint density at radius 3 is 2.48 bits per heavy atom. The molecular weight excluding hydrogens is 294 g/mol. The highest BCUT2D eigenvalue weighted by Crippen LogP contribution is 2.19. The van der Waals surface area contributed by atoms with Gasteiger partial charge < -0.3 is 5.32 Å². The molecule has 0 fully saturated rings. The minimum absolute atomic E-state index is 0.00779. The number of non-ortho nitro benzene ring substituents is 1. The monoisotopic (exact) mass is 307 g/mol. The van der Waals surface area contributed by atoms with Crippen molar-refractivity contribution in [3.05, 3.63) is 58.3 Å². The molecule has 1 aromatic heterocycles. The molecule has 0 atom stereocenters. The number of nitrogens with zero attached hydrogens (tertiary/aromatic N) is 2. The number of hydrogen-bond donors (Lipinski definition) is 1. The summed E-state index contributed by atoms with van der Waals surface area (Å²) in [5, 5.41) is 13.5. The van der Waals surface area contributed by atoms with Gasteiger partial charge in [0.2, 0.25) is 0 Å². The Labute approximate surface area is 121 Å². The fourth-order valence-electron chi connectivity index (χ4n) is 1.74. The first-order chi connectivity index (χ1) is 9.88. The van der Waals surface area contributed by atoms with Crippen molar-refractivity contribution < 1.29 is 13.3 Å². The van der Waals surface area contributed by atoms with Gasteiger partial charge >= 0.3 is 0 Å². The minimum atomic E-state index is -3.37. The zero-order valence-electron chi connectivity index (χ0n) is 11.2. The van der Waals surface area contributed by atoms with E-state index in [1.807, 2.05) is 0 Å². The van der Waals surface area contributed by atoms with Gasteiger partial charge in [-0.25, -0.2) is 13.4 Å². The van der Waals surface area contributed by atoms with Gasteiger partial charge in [0, 0.05) is 31.1 Å². The Morgan fingerprint density at radius 1 is 1.24 bits per heavy atom. The van der Waals surface area contributed by atoms with Gasteiger partial charge in [-0.2, -0.15) is 0 Å². The number of nitro benzene ring substituents is 1. The molecule has 0 aliphatic rings. The van der Waals surface area contributed by atoms with E-state index in [1.165, 1.54) is 24.4 Å². The number of pyridine rings is 1. The fourth-order valence-corrected chi connectivity index (χ4v) is 2.55. The van der Waals surface area contributed by atoms with E-state index in [4.69, 9.17) is 0 Å². The van der Waals surface area contributed by atoms with Crippen LogP contribution in [0.4, 0.5) is 11.5 Å². The highest BCUT2D eigenvalue weighted by atomic mass is 32.2. The molecule has 21 heavy (non-hydrogen) atoms. The van der Waals surface area contributed by atoms with Crippen LogP contribution >= 0.6 is 0 Å². The zero-order chi connectivity index (χ0) is 15.5. The summed E-state index contributed by atoms with van der Waals surface area (Å²) in [6.07, 6.45) is 2.61. The van der Waals surface area contributed by atoms with Gasteiger partial charge in [-0.3, -0.25) is 10.1 Å². The molecule has 0 aliphatic heterocycles. The van der Waals surface area contributed by atoms with Crippen LogP contribution in [0.1, 0.15) is 5.56 Å². The zero-order valence-corrected chi connectivity index (χ0v) is 12.0. The highest BCUT2D eigenvalue weighted by molar-refractivity contribution is 7.90. The molecule has 1 heterocycles. The standard InChI is InChI=1S/C13H13N3O4S/c1-21(19,20)12-3-2-8-14-13(12)15-9-10-4-6-11(7-5-10)16(17)18/h2-8H,9H2,1H3,(H,14,15). The van der Waals surface area contributed by atoms with Crippen molar-refractivity contribution in [2.75, 3.05) is 11.6 Å². The van der Waals surface area contributed by atoms with E-state index in [9.17, 15) is 18.5 Å². The molecular formula is C13H13N3O4S. The molecule has 110 valence electrons. The molecule has 0 bridgehead atoms. The third kappa shape index (κ3) is 3.76. The van der Waals surface area contributed by atoms with Crippen LogP contribution < -0.4 is 5.32 Å². The number of nitrogens with one attached hydrogen (secondary N) is 1. The molecule has 2 aromatic rings. The van der Waals surface area contributed by atoms with Crippen LogP contribution in [-0.4, -0.2) is 24.6 Å². The van der Waals surface area contributed by atoms with Crippen molar-refractivity contribution in [1.29, 1.82) is 0 Å². The first-order valence-corrected chi connectivity index (χ1v) is 7.89. The molecule has 1 aromatic carbocycles. The van der Waals surface area contributed by atoms with Crippen LogP contribution in [-0.2, 0) is 16.4 Å². The van der Waals surface area contributed by atoms with Crippen LogP contribution in [0.2, 0.25) is 0 Å². The Morgan fingerprint density at radius 2 is 1.90 bits per heavy atom. The summed E-state index contributed by atoms with van der Waals surface area (Å²) in [4.78, 5) is 14.2. The van der Waals surface area contributed by atoms with Gasteiger partial charge in [-0.05, 0) is 17.7 Å². The number of hydrogen-bond acceptors (Lipinski definition) is 6. The van der Waals surface area contributed by atoms with E-state index in [1.54, 1.807) is 18.2 Å². The summed E-state index contributed by atoms with van der Waals surface area (Å²) in [5.74, 6) is 0.262. The maximum Gasteiger partial charge on any atom is 0.269 e. The topological polar surface area (TPSA) is 102 Å². The predicted molar refractivity (Wildman–Crippen MR) is 77.8 cm³/mol. The Hall–Kier alpha value is -2.48. The first-order valence-electron chi connectivity index (χ1n) is 6.00. The van der Waals surface area contributed by atoms with Crippen molar-refractivity contribution in [3.63, 3.8) is 0 Å². The molecule has 7 nitrogen and oxygen atoms in total. The Kier molecular flexibility index (Phi) is 4.18. The van der Waals surface area contributed by atoms with Crippen LogP contribution in [0.3, 0.4) is 0 Å². The quantitative estimate of drug-likeness (QED) is 0.669. The molecule has 2 rings (SSSR count). The molecule has 0 saturated heterocycles. The van der Waals surface area contributed by atoms with Gasteiger partial charge in [0.1, 0.15) is 10.7 Å². The smallest absolute Gasteiger partial charge is 0.269 e. The predicted octanol–water partition coefficient (Wildman–Crippen LogP) is 2.01. The number of aromatic nitrogens is 1. The highest BCUT2D eigenvalue weighted by Gasteiger charge is 2.13. The number of rotatable bonds is 5. The third-order valence-corrected chi connectivity index (χ3v) is 3.91. The summed E-state index contributed by atoms with van der Waals surface area (Å²) in [5.41, 5.74) is 0.791. The molecule has 0 aliphatic carbocycles. The summed E-state index contributed by atoms with van der Waals surface area (Å²) in [6, 6.07) is 9.02. The second-order valence-corrected chi connectivity index (χ2v) is 6.38. The lowest BCUT2D eigenvalue weighted by molar-refractivity contribution is -0.384. The van der Waals surface area contributed by atoms with Crippen LogP contribution in [0.15, 0.2) is 47.5 Å². The number of nitro groups is 1. The van der Waals surface area contributed by atoms with E-state index < -0.39 is 14.8 Å². The fraction of sp³-hybridized carbons (Fsp3) is 0.154. The average molecular weight is 307 g/mol. The maximum absolute atomic E-state index is 11.6. The summed E-state index contributed by atoms with van der Waals surface area (Å²) in [6.45, 7) is 0.317. The maximum atomic E-state index is 11.6. The van der Waals surface area contributed by atoms with Crippen molar-refractivity contribution in [3.8, 4) is 0 Å². The van der Waals surface area contributed by atoms with E-state index in [0.29, 0.717) is 6.54 Å². The van der Waals surface area contributed by atoms with Crippen molar-refractivity contribution in [2.24, 2.45) is 0 Å². The Bertz CT molecular complexity index is 757. The third-order valence-electron chi connectivity index (χ3n) is 2.78. The van der Waals surface area contributed by atoms with E-state index in [0.717, 1.165) is 11.8 Å². The summed E-state index contributed by atoms with van der Waals surface area (Å²) >= 11 is 0. The molecule has 0 unspecified atom stereocenters. The lowest BCUT2D eigenvalue weighted by atomic mass is 10.2. The number of anilines is 1. The molecule has 0 saturated carbocycles. The SMILES string of the molecule is CS(=O)(=O)c1cccnc1NCc1ccc([N+](=O)[O-])cc1. The second kappa shape index (κ2) is 5.88. The number of sulfone groups is 1. The number of benzene rings is 1. The second-order valence-electron chi connectivity index (χ2n) is 4.40. The Balaban J connectivity index is 2.15. The lowest BCUT2D eigenvalue weighted by Gasteiger charge is -2.09. The largest absolute Gasteiger partial charge is 0.365 e. The van der Waals surface area contributed by atoms with Gasteiger partial charge in [-0.1, -0.05) is 12.1 Å². The molecule has 0 radical (unpaired) electrons. The molecule has 1 N–H and O–H groups in total. The van der Waals surface area contributed by atoms with Crippen LogP contribution in [0.25, 0.3) is 0 Å². The lowest BCUT2D eigenvalue weighted by Crippen LogP contribution is -2.07. The van der Waals surface area contributed by atoms with Crippen LogP contribution in [0, 0.1) is 10.1 Å².